The molecule has 2 aromatic rings. The molecule has 2 aromatic carbocycles. The summed E-state index contributed by atoms with van der Waals surface area (Å²) < 4.78 is 4.66. The van der Waals surface area contributed by atoms with Gasteiger partial charge in [0.05, 0.1) is 31.3 Å². The number of nitrogens with zero attached hydrogens (tertiary/aromatic N) is 4. The van der Waals surface area contributed by atoms with Gasteiger partial charge in [-0.1, -0.05) is 93.5 Å². The molecule has 2 rings (SSSR count). The molecule has 0 aliphatic carbocycles. The molecule has 0 aliphatic rings. The number of nitrogens with one attached hydrogen (secondary N) is 1. The van der Waals surface area contributed by atoms with Crippen molar-refractivity contribution in [3.05, 3.63) is 82.2 Å². The maximum Gasteiger partial charge on any atom is 0.305 e. The van der Waals surface area contributed by atoms with Crippen LogP contribution in [0.2, 0.25) is 0 Å². The van der Waals surface area contributed by atoms with Crippen LogP contribution in [0.1, 0.15) is 64.5 Å². The number of unbranched alkanes of at least 4 members (excludes halogenated alkanes) is 1. The predicted molar refractivity (Wildman–Crippen MR) is 175 cm³/mol. The Kier molecular flexibility index (Phi) is 15.9. The monoisotopic (exact) mass is 636 g/mol. The third-order valence-electron chi connectivity index (χ3n) is 7.86. The molecule has 0 aromatic heterocycles. The van der Waals surface area contributed by atoms with Gasteiger partial charge in [-0.05, 0) is 54.2 Å². The van der Waals surface area contributed by atoms with E-state index in [1.54, 1.807) is 27.7 Å². The largest absolute Gasteiger partial charge is 0.469 e. The van der Waals surface area contributed by atoms with Crippen molar-refractivity contribution >= 4 is 23.7 Å². The van der Waals surface area contributed by atoms with Gasteiger partial charge in [-0.2, -0.15) is 0 Å². The predicted octanol–water partition coefficient (Wildman–Crippen LogP) is 4.09. The van der Waals surface area contributed by atoms with Gasteiger partial charge < -0.3 is 20.9 Å². The van der Waals surface area contributed by atoms with Gasteiger partial charge in [0.2, 0.25) is 17.7 Å². The molecule has 0 aliphatic heterocycles. The topological polar surface area (TPSA) is 188 Å². The number of azide groups is 1. The van der Waals surface area contributed by atoms with E-state index in [1.165, 1.54) is 7.11 Å². The van der Waals surface area contributed by atoms with Crippen LogP contribution >= 0.6 is 0 Å². The first-order valence-electron chi connectivity index (χ1n) is 15.7. The van der Waals surface area contributed by atoms with Crippen LogP contribution in [0.15, 0.2) is 65.8 Å². The van der Waals surface area contributed by atoms with Gasteiger partial charge >= 0.3 is 5.97 Å². The van der Waals surface area contributed by atoms with Gasteiger partial charge in [-0.25, -0.2) is 0 Å². The van der Waals surface area contributed by atoms with Crippen molar-refractivity contribution < 1.29 is 29.0 Å². The third kappa shape index (κ3) is 11.6. The molecule has 3 unspecified atom stereocenters. The highest BCUT2D eigenvalue weighted by molar-refractivity contribution is 6.02. The lowest BCUT2D eigenvalue weighted by atomic mass is 9.91. The van der Waals surface area contributed by atoms with E-state index in [-0.39, 0.29) is 31.6 Å². The summed E-state index contributed by atoms with van der Waals surface area (Å²) in [5.74, 6) is -3.16. The number of methoxy groups -OCH3 is 1. The number of imide groups is 1. The number of aliphatic hydroxyl groups excluding tert-OH is 1. The van der Waals surface area contributed by atoms with Crippen molar-refractivity contribution in [1.82, 2.24) is 10.2 Å². The fraction of sp³-hybridized carbons (Fsp3) is 0.529. The summed E-state index contributed by atoms with van der Waals surface area (Å²) in [6.07, 6.45) is -0.219. The second-order valence-corrected chi connectivity index (χ2v) is 12.1. The molecule has 12 nitrogen and oxygen atoms in total. The number of carbonyl (C=O) groups excluding carboxylic acids is 4. The molecule has 0 saturated heterocycles. The highest BCUT2D eigenvalue weighted by atomic mass is 16.5. The summed E-state index contributed by atoms with van der Waals surface area (Å²) >= 11 is 0. The van der Waals surface area contributed by atoms with Crippen LogP contribution in [0.4, 0.5) is 0 Å². The van der Waals surface area contributed by atoms with Crippen molar-refractivity contribution in [2.45, 2.75) is 96.5 Å². The summed E-state index contributed by atoms with van der Waals surface area (Å²) in [6, 6.07) is 14.3. The van der Waals surface area contributed by atoms with Crippen LogP contribution < -0.4 is 11.1 Å². The Labute approximate surface area is 271 Å². The number of amides is 3. The third-order valence-corrected chi connectivity index (χ3v) is 7.86. The minimum absolute atomic E-state index is 0.0872. The molecule has 5 atom stereocenters. The second kappa shape index (κ2) is 19.3. The lowest BCUT2D eigenvalue weighted by Crippen LogP contribution is -2.61. The van der Waals surface area contributed by atoms with E-state index in [9.17, 15) is 29.8 Å². The number of rotatable bonds is 18. The Bertz CT molecular complexity index is 1320. The molecule has 0 fully saturated rings. The number of esters is 1. The van der Waals surface area contributed by atoms with E-state index in [0.29, 0.717) is 12.8 Å². The maximum absolute atomic E-state index is 14.2. The second-order valence-electron chi connectivity index (χ2n) is 12.1. The average molecular weight is 637 g/mol. The summed E-state index contributed by atoms with van der Waals surface area (Å²) in [4.78, 5) is 56.9. The van der Waals surface area contributed by atoms with E-state index in [0.717, 1.165) is 16.0 Å². The zero-order chi connectivity index (χ0) is 34.2. The van der Waals surface area contributed by atoms with Crippen LogP contribution in [-0.2, 0) is 36.8 Å². The zero-order valence-corrected chi connectivity index (χ0v) is 27.4. The van der Waals surface area contributed by atoms with Gasteiger partial charge in [0.25, 0.3) is 0 Å². The lowest BCUT2D eigenvalue weighted by molar-refractivity contribution is -0.155. The van der Waals surface area contributed by atoms with Crippen molar-refractivity contribution in [1.29, 1.82) is 0 Å². The summed E-state index contributed by atoms with van der Waals surface area (Å²) in [7, 11) is 1.28. The number of carbonyl (C=O) groups is 4. The average Bonchev–Trinajstić information content (AvgIpc) is 3.04. The van der Waals surface area contributed by atoms with Crippen LogP contribution in [0.3, 0.4) is 0 Å². The summed E-state index contributed by atoms with van der Waals surface area (Å²) in [6.45, 7) is 6.94. The van der Waals surface area contributed by atoms with E-state index in [4.69, 9.17) is 5.73 Å². The number of nitrogens with two attached hydrogens (primary N) is 1. The van der Waals surface area contributed by atoms with E-state index >= 15 is 0 Å². The molecular formula is C34H48N6O6. The highest BCUT2D eigenvalue weighted by Gasteiger charge is 2.41. The quantitative estimate of drug-likeness (QED) is 0.0722. The van der Waals surface area contributed by atoms with E-state index in [2.05, 4.69) is 20.1 Å². The van der Waals surface area contributed by atoms with Crippen LogP contribution in [-0.4, -0.2) is 71.1 Å². The lowest BCUT2D eigenvalue weighted by Gasteiger charge is -2.36. The minimum Gasteiger partial charge on any atom is -0.469 e. The molecule has 12 heteroatoms. The SMILES string of the molecule is COC(=O)CCCCC(=O)N(C(=O)[C@@H](N)C(C)C)[C@H](C(=O)NC(Cc1ccccc1)C(O)C(Cc1ccccc1)N=[N+]=[N-])C(C)C. The van der Waals surface area contributed by atoms with Gasteiger partial charge in [0, 0.05) is 17.8 Å². The van der Waals surface area contributed by atoms with Crippen molar-refractivity contribution in [2.24, 2.45) is 22.7 Å². The number of hydrogen-bond acceptors (Lipinski definition) is 8. The van der Waals surface area contributed by atoms with Crippen molar-refractivity contribution in [3.8, 4) is 0 Å². The maximum atomic E-state index is 14.2. The fourth-order valence-corrected chi connectivity index (χ4v) is 5.16. The smallest absolute Gasteiger partial charge is 0.305 e. The van der Waals surface area contributed by atoms with Crippen LogP contribution in [0.25, 0.3) is 10.4 Å². The van der Waals surface area contributed by atoms with E-state index < -0.39 is 59.9 Å². The molecule has 0 radical (unpaired) electrons. The first kappa shape index (κ1) is 37.9. The fourth-order valence-electron chi connectivity index (χ4n) is 5.16. The standard InChI is InChI=1S/C34H48N6O6/c1-22(2)30(35)34(45)40(28(41)18-12-13-19-29(42)46-5)31(23(3)4)33(44)37-26(20-24-14-8-6-9-15-24)32(43)27(38-39-36)21-25-16-10-7-11-17-25/h6-11,14-17,22-23,26-27,30-32,43H,12-13,18-21,35H2,1-5H3,(H,37,44)/t26?,27?,30-,31-,32?/m0/s1. The summed E-state index contributed by atoms with van der Waals surface area (Å²) in [5.41, 5.74) is 17.2. The molecule has 250 valence electrons. The molecule has 0 bridgehead atoms. The van der Waals surface area contributed by atoms with Gasteiger partial charge in [-0.3, -0.25) is 24.1 Å². The van der Waals surface area contributed by atoms with Gasteiger partial charge in [0.1, 0.15) is 6.04 Å². The normalized spacial score (nSPS) is 14.4. The Morgan fingerprint density at radius 3 is 1.96 bits per heavy atom. The molecular weight excluding hydrogens is 588 g/mol. The Morgan fingerprint density at radius 2 is 1.46 bits per heavy atom. The first-order chi connectivity index (χ1) is 21.9. The first-order valence-corrected chi connectivity index (χ1v) is 15.7. The Balaban J connectivity index is 2.45. The number of aliphatic hydroxyl groups is 1. The van der Waals surface area contributed by atoms with Crippen molar-refractivity contribution in [3.63, 3.8) is 0 Å². The van der Waals surface area contributed by atoms with Gasteiger partial charge in [-0.15, -0.1) is 0 Å². The van der Waals surface area contributed by atoms with Gasteiger partial charge in [0.15, 0.2) is 0 Å². The molecule has 0 saturated carbocycles. The zero-order valence-electron chi connectivity index (χ0n) is 27.4. The number of hydrogen-bond donors (Lipinski definition) is 3. The molecule has 3 amide bonds. The number of ether oxygens (including phenoxy) is 1. The summed E-state index contributed by atoms with van der Waals surface area (Å²) in [5, 5.41) is 18.4. The van der Waals surface area contributed by atoms with Crippen molar-refractivity contribution in [2.75, 3.05) is 7.11 Å². The molecule has 4 N–H and O–H groups in total. The van der Waals surface area contributed by atoms with Crippen LogP contribution in [0, 0.1) is 11.8 Å². The molecule has 46 heavy (non-hydrogen) atoms. The number of benzene rings is 2. The molecule has 0 spiro atoms. The minimum atomic E-state index is -1.32. The Hall–Kier alpha value is -4.25. The van der Waals surface area contributed by atoms with E-state index in [1.807, 2.05) is 60.7 Å². The Morgan fingerprint density at radius 1 is 0.913 bits per heavy atom. The highest BCUT2D eigenvalue weighted by Crippen LogP contribution is 2.21. The van der Waals surface area contributed by atoms with Crippen LogP contribution in [0.5, 0.6) is 0 Å². The molecule has 0 heterocycles.